The highest BCUT2D eigenvalue weighted by Gasteiger charge is 2.09. The zero-order chi connectivity index (χ0) is 10.5. The van der Waals surface area contributed by atoms with Crippen LogP contribution in [0.2, 0.25) is 5.02 Å². The Bertz CT molecular complexity index is 383. The van der Waals surface area contributed by atoms with Gasteiger partial charge in [-0.15, -0.1) is 0 Å². The molecule has 1 nitrogen and oxygen atoms in total. The molecule has 1 N–H and O–H groups in total. The summed E-state index contributed by atoms with van der Waals surface area (Å²) in [6.07, 6.45) is 2.30. The molecule has 0 atom stereocenters. The molecule has 1 saturated heterocycles. The largest absolute Gasteiger partial charge is 0.317 e. The molecule has 1 aliphatic rings. The summed E-state index contributed by atoms with van der Waals surface area (Å²) in [5, 5.41) is 4.08. The SMILES string of the molecule is Clc1ccccc1C#CC1CCNCC1. The van der Waals surface area contributed by atoms with Crippen LogP contribution in [0.25, 0.3) is 0 Å². The Morgan fingerprint density at radius 3 is 2.67 bits per heavy atom. The van der Waals surface area contributed by atoms with Crippen LogP contribution in [0.3, 0.4) is 0 Å². The van der Waals surface area contributed by atoms with Gasteiger partial charge >= 0.3 is 0 Å². The maximum atomic E-state index is 6.03. The number of hydrogen-bond acceptors (Lipinski definition) is 1. The minimum absolute atomic E-state index is 0.530. The summed E-state index contributed by atoms with van der Waals surface area (Å²) in [6, 6.07) is 7.75. The molecule has 15 heavy (non-hydrogen) atoms. The number of rotatable bonds is 0. The van der Waals surface area contributed by atoms with E-state index in [0.717, 1.165) is 36.5 Å². The molecule has 78 valence electrons. The zero-order valence-corrected chi connectivity index (χ0v) is 9.35. The molecule has 1 heterocycles. The molecule has 0 bridgehead atoms. The van der Waals surface area contributed by atoms with Crippen LogP contribution < -0.4 is 5.32 Å². The van der Waals surface area contributed by atoms with E-state index in [1.54, 1.807) is 0 Å². The maximum absolute atomic E-state index is 6.03. The van der Waals surface area contributed by atoms with Gasteiger partial charge in [0, 0.05) is 11.5 Å². The number of benzene rings is 1. The molecule has 2 rings (SSSR count). The van der Waals surface area contributed by atoms with Crippen LogP contribution in [0.5, 0.6) is 0 Å². The zero-order valence-electron chi connectivity index (χ0n) is 8.59. The number of halogens is 1. The van der Waals surface area contributed by atoms with Crippen LogP contribution in [0.1, 0.15) is 18.4 Å². The quantitative estimate of drug-likeness (QED) is 0.662. The van der Waals surface area contributed by atoms with Crippen molar-refractivity contribution < 1.29 is 0 Å². The van der Waals surface area contributed by atoms with Gasteiger partial charge in [-0.05, 0) is 38.1 Å². The molecule has 2 heteroatoms. The van der Waals surface area contributed by atoms with Crippen LogP contribution in [-0.2, 0) is 0 Å². The summed E-state index contributed by atoms with van der Waals surface area (Å²) in [5.41, 5.74) is 0.942. The van der Waals surface area contributed by atoms with Gasteiger partial charge in [-0.2, -0.15) is 0 Å². The summed E-state index contributed by atoms with van der Waals surface area (Å²) >= 11 is 6.03. The molecule has 0 spiro atoms. The van der Waals surface area contributed by atoms with E-state index in [2.05, 4.69) is 17.2 Å². The highest BCUT2D eigenvalue weighted by molar-refractivity contribution is 6.31. The lowest BCUT2D eigenvalue weighted by Gasteiger charge is -2.17. The molecule has 1 aromatic carbocycles. The number of piperidine rings is 1. The Morgan fingerprint density at radius 2 is 1.93 bits per heavy atom. The summed E-state index contributed by atoms with van der Waals surface area (Å²) < 4.78 is 0. The smallest absolute Gasteiger partial charge is 0.0562 e. The second-order valence-electron chi connectivity index (χ2n) is 3.77. The molecule has 0 aromatic heterocycles. The van der Waals surface area contributed by atoms with Gasteiger partial charge in [0.1, 0.15) is 0 Å². The normalized spacial score (nSPS) is 16.9. The fourth-order valence-electron chi connectivity index (χ4n) is 1.71. The standard InChI is InChI=1S/C13H14ClN/c14-13-4-2-1-3-12(13)6-5-11-7-9-15-10-8-11/h1-4,11,15H,7-10H2. The minimum Gasteiger partial charge on any atom is -0.317 e. The third kappa shape index (κ3) is 2.99. The topological polar surface area (TPSA) is 12.0 Å². The van der Waals surface area contributed by atoms with E-state index in [9.17, 15) is 0 Å². The Kier molecular flexibility index (Phi) is 3.66. The first-order valence-electron chi connectivity index (χ1n) is 5.33. The Labute approximate surface area is 95.8 Å². The molecule has 0 aliphatic carbocycles. The lowest BCUT2D eigenvalue weighted by molar-refractivity contribution is 0.447. The third-order valence-corrected chi connectivity index (χ3v) is 2.95. The van der Waals surface area contributed by atoms with Crippen molar-refractivity contribution in [2.45, 2.75) is 12.8 Å². The minimum atomic E-state index is 0.530. The molecular formula is C13H14ClN. The summed E-state index contributed by atoms with van der Waals surface area (Å²) in [6.45, 7) is 2.17. The lowest BCUT2D eigenvalue weighted by Crippen LogP contribution is -2.26. The van der Waals surface area contributed by atoms with E-state index in [4.69, 9.17) is 11.6 Å². The van der Waals surface area contributed by atoms with Crippen LogP contribution in [0.4, 0.5) is 0 Å². The van der Waals surface area contributed by atoms with Crippen molar-refractivity contribution in [1.29, 1.82) is 0 Å². The van der Waals surface area contributed by atoms with E-state index in [-0.39, 0.29) is 0 Å². The molecule has 1 aromatic rings. The van der Waals surface area contributed by atoms with Crippen molar-refractivity contribution in [2.75, 3.05) is 13.1 Å². The number of hydrogen-bond donors (Lipinski definition) is 1. The van der Waals surface area contributed by atoms with Gasteiger partial charge < -0.3 is 5.32 Å². The average Bonchev–Trinajstić information content (AvgIpc) is 2.29. The highest BCUT2D eigenvalue weighted by atomic mass is 35.5. The van der Waals surface area contributed by atoms with E-state index in [0.29, 0.717) is 5.92 Å². The van der Waals surface area contributed by atoms with Crippen molar-refractivity contribution in [3.8, 4) is 11.8 Å². The molecule has 0 radical (unpaired) electrons. The fraction of sp³-hybridized carbons (Fsp3) is 0.385. The molecule has 0 saturated carbocycles. The van der Waals surface area contributed by atoms with Crippen LogP contribution in [-0.4, -0.2) is 13.1 Å². The second-order valence-corrected chi connectivity index (χ2v) is 4.18. The first-order chi connectivity index (χ1) is 7.36. The predicted molar refractivity (Wildman–Crippen MR) is 63.9 cm³/mol. The van der Waals surface area contributed by atoms with Crippen LogP contribution >= 0.6 is 11.6 Å². The van der Waals surface area contributed by atoms with Crippen molar-refractivity contribution >= 4 is 11.6 Å². The van der Waals surface area contributed by atoms with Crippen molar-refractivity contribution in [3.63, 3.8) is 0 Å². The van der Waals surface area contributed by atoms with Crippen molar-refractivity contribution in [3.05, 3.63) is 34.9 Å². The van der Waals surface area contributed by atoms with Gasteiger partial charge in [0.15, 0.2) is 0 Å². The van der Waals surface area contributed by atoms with Gasteiger partial charge in [0.2, 0.25) is 0 Å². The van der Waals surface area contributed by atoms with E-state index < -0.39 is 0 Å². The van der Waals surface area contributed by atoms with Gasteiger partial charge in [-0.25, -0.2) is 0 Å². The van der Waals surface area contributed by atoms with Crippen molar-refractivity contribution in [1.82, 2.24) is 5.32 Å². The highest BCUT2D eigenvalue weighted by Crippen LogP contribution is 2.15. The third-order valence-electron chi connectivity index (χ3n) is 2.62. The van der Waals surface area contributed by atoms with Crippen LogP contribution in [0, 0.1) is 17.8 Å². The first kappa shape index (κ1) is 10.5. The molecule has 0 amide bonds. The second kappa shape index (κ2) is 5.21. The molecule has 1 fully saturated rings. The van der Waals surface area contributed by atoms with Gasteiger partial charge in [0.05, 0.1) is 5.02 Å². The van der Waals surface area contributed by atoms with Gasteiger partial charge in [-0.1, -0.05) is 35.6 Å². The number of nitrogens with one attached hydrogen (secondary N) is 1. The van der Waals surface area contributed by atoms with E-state index in [1.165, 1.54) is 0 Å². The molecule has 0 unspecified atom stereocenters. The Morgan fingerprint density at radius 1 is 1.20 bits per heavy atom. The van der Waals surface area contributed by atoms with Gasteiger partial charge in [-0.3, -0.25) is 0 Å². The Balaban J connectivity index is 2.07. The van der Waals surface area contributed by atoms with E-state index in [1.807, 2.05) is 24.3 Å². The molecule has 1 aliphatic heterocycles. The summed E-state index contributed by atoms with van der Waals surface area (Å²) in [4.78, 5) is 0. The first-order valence-corrected chi connectivity index (χ1v) is 5.71. The molecular weight excluding hydrogens is 206 g/mol. The summed E-state index contributed by atoms with van der Waals surface area (Å²) in [5.74, 6) is 7.01. The van der Waals surface area contributed by atoms with E-state index >= 15 is 0 Å². The Hall–Kier alpha value is -0.970. The summed E-state index contributed by atoms with van der Waals surface area (Å²) in [7, 11) is 0. The lowest BCUT2D eigenvalue weighted by atomic mass is 9.98. The van der Waals surface area contributed by atoms with Crippen LogP contribution in [0.15, 0.2) is 24.3 Å². The fourth-order valence-corrected chi connectivity index (χ4v) is 1.89. The predicted octanol–water partition coefficient (Wildman–Crippen LogP) is 2.69. The van der Waals surface area contributed by atoms with Crippen molar-refractivity contribution in [2.24, 2.45) is 5.92 Å². The average molecular weight is 220 g/mol. The maximum Gasteiger partial charge on any atom is 0.0562 e. The monoisotopic (exact) mass is 219 g/mol. The van der Waals surface area contributed by atoms with Gasteiger partial charge in [0.25, 0.3) is 0 Å².